The highest BCUT2D eigenvalue weighted by Gasteiger charge is 2.09. The molecule has 0 fully saturated rings. The molecule has 0 radical (unpaired) electrons. The van der Waals surface area contributed by atoms with Crippen LogP contribution >= 0.6 is 11.3 Å². The molecule has 32 heavy (non-hydrogen) atoms. The minimum Gasteiger partial charge on any atom is -0.493 e. The van der Waals surface area contributed by atoms with Gasteiger partial charge in [0.2, 0.25) is 5.91 Å². The van der Waals surface area contributed by atoms with Crippen LogP contribution in [0.1, 0.15) is 41.6 Å². The van der Waals surface area contributed by atoms with E-state index in [1.54, 1.807) is 41.9 Å². The van der Waals surface area contributed by atoms with E-state index < -0.39 is 0 Å². The number of methoxy groups -OCH3 is 1. The second-order valence-electron chi connectivity index (χ2n) is 7.19. The highest BCUT2D eigenvalue weighted by molar-refractivity contribution is 7.09. The van der Waals surface area contributed by atoms with Gasteiger partial charge < -0.3 is 14.8 Å². The van der Waals surface area contributed by atoms with Crippen molar-refractivity contribution in [1.82, 2.24) is 15.3 Å². The van der Waals surface area contributed by atoms with Gasteiger partial charge in [0.15, 0.2) is 17.3 Å². The Morgan fingerprint density at radius 3 is 2.66 bits per heavy atom. The van der Waals surface area contributed by atoms with E-state index >= 15 is 0 Å². The number of carbonyl (C=O) groups is 2. The lowest BCUT2D eigenvalue weighted by molar-refractivity contribution is -0.121. The zero-order valence-electron chi connectivity index (χ0n) is 18.3. The van der Waals surface area contributed by atoms with Crippen molar-refractivity contribution in [2.24, 2.45) is 0 Å². The first kappa shape index (κ1) is 23.4. The third-order valence-corrected chi connectivity index (χ3v) is 5.70. The van der Waals surface area contributed by atoms with Crippen molar-refractivity contribution in [2.45, 2.75) is 32.6 Å². The maximum absolute atomic E-state index is 12.0. The molecule has 1 N–H and O–H groups in total. The maximum Gasteiger partial charge on any atom is 0.220 e. The van der Waals surface area contributed by atoms with E-state index in [9.17, 15) is 9.59 Å². The molecule has 0 spiro atoms. The molecule has 0 saturated heterocycles. The van der Waals surface area contributed by atoms with Gasteiger partial charge in [-0.1, -0.05) is 0 Å². The largest absolute Gasteiger partial charge is 0.493 e. The minimum absolute atomic E-state index is 0.00380. The number of aromatic nitrogens is 2. The van der Waals surface area contributed by atoms with Crippen LogP contribution in [0.5, 0.6) is 11.5 Å². The van der Waals surface area contributed by atoms with Crippen molar-refractivity contribution >= 4 is 23.0 Å². The summed E-state index contributed by atoms with van der Waals surface area (Å²) in [6.45, 7) is 2.51. The Morgan fingerprint density at radius 2 is 1.91 bits per heavy atom. The number of aryl methyl sites for hydroxylation is 1. The van der Waals surface area contributed by atoms with Gasteiger partial charge in [0.25, 0.3) is 0 Å². The molecule has 0 bridgehead atoms. The second kappa shape index (κ2) is 12.0. The molecule has 0 atom stereocenters. The Hall–Kier alpha value is -3.26. The Balaban J connectivity index is 1.32. The quantitative estimate of drug-likeness (QED) is 0.324. The summed E-state index contributed by atoms with van der Waals surface area (Å²) < 4.78 is 11.0. The molecule has 1 amide bonds. The highest BCUT2D eigenvalue weighted by atomic mass is 32.1. The van der Waals surface area contributed by atoms with Crippen LogP contribution in [0.3, 0.4) is 0 Å². The van der Waals surface area contributed by atoms with E-state index in [1.807, 2.05) is 17.5 Å². The SMILES string of the molecule is COc1cc(C(C)=O)ccc1OCCCC(=O)NCCCc1nc(-c2ccncc2)cs1. The Morgan fingerprint density at radius 1 is 1.09 bits per heavy atom. The van der Waals surface area contributed by atoms with Crippen molar-refractivity contribution in [3.8, 4) is 22.8 Å². The fraction of sp³-hybridized carbons (Fsp3) is 0.333. The van der Waals surface area contributed by atoms with Crippen molar-refractivity contribution < 1.29 is 19.1 Å². The number of ketones is 1. The lowest BCUT2D eigenvalue weighted by Gasteiger charge is -2.11. The van der Waals surface area contributed by atoms with Gasteiger partial charge in [-0.15, -0.1) is 11.3 Å². The molecule has 0 aliphatic rings. The molecule has 7 nitrogen and oxygen atoms in total. The number of ether oxygens (including phenoxy) is 2. The number of thiazole rings is 1. The molecule has 168 valence electrons. The minimum atomic E-state index is -0.0319. The summed E-state index contributed by atoms with van der Waals surface area (Å²) in [6.07, 6.45) is 6.16. The van der Waals surface area contributed by atoms with Crippen LogP contribution in [0.15, 0.2) is 48.1 Å². The van der Waals surface area contributed by atoms with E-state index in [2.05, 4.69) is 15.3 Å². The molecule has 2 heterocycles. The average Bonchev–Trinajstić information content (AvgIpc) is 3.29. The van der Waals surface area contributed by atoms with Gasteiger partial charge in [0.1, 0.15) is 0 Å². The van der Waals surface area contributed by atoms with Gasteiger partial charge in [-0.25, -0.2) is 4.98 Å². The van der Waals surface area contributed by atoms with Gasteiger partial charge in [0, 0.05) is 48.3 Å². The predicted molar refractivity (Wildman–Crippen MR) is 124 cm³/mol. The average molecular weight is 454 g/mol. The smallest absolute Gasteiger partial charge is 0.220 e. The molecule has 0 unspecified atom stereocenters. The highest BCUT2D eigenvalue weighted by Crippen LogP contribution is 2.28. The zero-order valence-corrected chi connectivity index (χ0v) is 19.1. The molecule has 0 saturated carbocycles. The van der Waals surface area contributed by atoms with Gasteiger partial charge in [0.05, 0.1) is 24.4 Å². The number of nitrogens with one attached hydrogen (secondary N) is 1. The van der Waals surface area contributed by atoms with Crippen molar-refractivity contribution in [2.75, 3.05) is 20.3 Å². The first-order valence-corrected chi connectivity index (χ1v) is 11.4. The van der Waals surface area contributed by atoms with Gasteiger partial charge in [-0.3, -0.25) is 14.6 Å². The summed E-state index contributed by atoms with van der Waals surface area (Å²) in [5.74, 6) is 1.04. The third kappa shape index (κ3) is 6.88. The topological polar surface area (TPSA) is 90.4 Å². The number of rotatable bonds is 12. The van der Waals surface area contributed by atoms with Crippen LogP contribution in [0.2, 0.25) is 0 Å². The van der Waals surface area contributed by atoms with Crippen molar-refractivity contribution in [1.29, 1.82) is 0 Å². The van der Waals surface area contributed by atoms with Crippen LogP contribution in [-0.4, -0.2) is 41.9 Å². The first-order valence-electron chi connectivity index (χ1n) is 10.5. The van der Waals surface area contributed by atoms with E-state index in [1.165, 1.54) is 14.0 Å². The molecule has 1 aromatic carbocycles. The van der Waals surface area contributed by atoms with E-state index in [-0.39, 0.29) is 11.7 Å². The number of hydrogen-bond donors (Lipinski definition) is 1. The Labute approximate surface area is 191 Å². The zero-order chi connectivity index (χ0) is 22.8. The van der Waals surface area contributed by atoms with E-state index in [4.69, 9.17) is 9.47 Å². The van der Waals surface area contributed by atoms with Gasteiger partial charge in [-0.05, 0) is 50.1 Å². The summed E-state index contributed by atoms with van der Waals surface area (Å²) in [5.41, 5.74) is 2.59. The third-order valence-electron chi connectivity index (χ3n) is 4.79. The normalized spacial score (nSPS) is 10.6. The van der Waals surface area contributed by atoms with E-state index in [0.29, 0.717) is 43.1 Å². The molecule has 3 aromatic rings. The van der Waals surface area contributed by atoms with Crippen LogP contribution in [0, 0.1) is 0 Å². The molecule has 3 rings (SSSR count). The van der Waals surface area contributed by atoms with E-state index in [0.717, 1.165) is 29.1 Å². The Bertz CT molecular complexity index is 1040. The molecular weight excluding hydrogens is 426 g/mol. The number of hydrogen-bond acceptors (Lipinski definition) is 7. The number of benzene rings is 1. The monoisotopic (exact) mass is 453 g/mol. The molecule has 0 aliphatic heterocycles. The number of amides is 1. The summed E-state index contributed by atoms with van der Waals surface area (Å²) in [6, 6.07) is 8.97. The molecule has 0 aliphatic carbocycles. The molecule has 8 heteroatoms. The number of pyridine rings is 1. The summed E-state index contributed by atoms with van der Waals surface area (Å²) in [4.78, 5) is 32.2. The molecule has 2 aromatic heterocycles. The predicted octanol–water partition coefficient (Wildman–Crippen LogP) is 4.32. The number of nitrogens with zero attached hydrogens (tertiary/aromatic N) is 2. The standard InChI is InChI=1S/C24H27N3O4S/c1-17(28)19-7-8-21(22(15-19)30-2)31-14-4-5-23(29)26-11-3-6-24-27-20(16-32-24)18-9-12-25-13-10-18/h7-10,12-13,15-16H,3-6,11,14H2,1-2H3,(H,26,29). The fourth-order valence-electron chi connectivity index (χ4n) is 3.06. The fourth-order valence-corrected chi connectivity index (χ4v) is 3.91. The summed E-state index contributed by atoms with van der Waals surface area (Å²) in [7, 11) is 1.53. The van der Waals surface area contributed by atoms with Gasteiger partial charge in [-0.2, -0.15) is 0 Å². The van der Waals surface area contributed by atoms with Crippen LogP contribution in [0.4, 0.5) is 0 Å². The van der Waals surface area contributed by atoms with Gasteiger partial charge >= 0.3 is 0 Å². The van der Waals surface area contributed by atoms with Crippen LogP contribution in [-0.2, 0) is 11.2 Å². The van der Waals surface area contributed by atoms with Crippen molar-refractivity contribution in [3.63, 3.8) is 0 Å². The first-order chi connectivity index (χ1) is 15.6. The lowest BCUT2D eigenvalue weighted by Crippen LogP contribution is -2.24. The van der Waals surface area contributed by atoms with Crippen molar-refractivity contribution in [3.05, 3.63) is 58.7 Å². The lowest BCUT2D eigenvalue weighted by atomic mass is 10.1. The van der Waals surface area contributed by atoms with Crippen LogP contribution < -0.4 is 14.8 Å². The summed E-state index contributed by atoms with van der Waals surface area (Å²) in [5, 5.41) is 6.05. The number of Topliss-reactive ketones (excluding diaryl/α,β-unsaturated/α-hetero) is 1. The second-order valence-corrected chi connectivity index (χ2v) is 8.13. The number of carbonyl (C=O) groups excluding carboxylic acids is 2. The maximum atomic E-state index is 12.0. The molecular formula is C24H27N3O4S. The van der Waals surface area contributed by atoms with Crippen LogP contribution in [0.25, 0.3) is 11.3 Å². The summed E-state index contributed by atoms with van der Waals surface area (Å²) >= 11 is 1.63. The Kier molecular flexibility index (Phi) is 8.74.